The van der Waals surface area contributed by atoms with E-state index in [9.17, 15) is 0 Å². The highest BCUT2D eigenvalue weighted by molar-refractivity contribution is 4.76. The Labute approximate surface area is 66.0 Å². The Kier molecular flexibility index (Phi) is 4.76. The molecule has 1 radical (unpaired) electrons. The van der Waals surface area contributed by atoms with Gasteiger partial charge in [-0.2, -0.15) is 0 Å². The van der Waals surface area contributed by atoms with Crippen LogP contribution in [0.1, 0.15) is 52.9 Å². The van der Waals surface area contributed by atoms with Crippen LogP contribution in [0.3, 0.4) is 0 Å². The van der Waals surface area contributed by atoms with E-state index in [-0.39, 0.29) is 0 Å². The zero-order chi connectivity index (χ0) is 8.04. The van der Waals surface area contributed by atoms with E-state index >= 15 is 0 Å². The molecule has 0 aromatic heterocycles. The van der Waals surface area contributed by atoms with Gasteiger partial charge in [-0.05, 0) is 18.3 Å². The van der Waals surface area contributed by atoms with Crippen molar-refractivity contribution < 1.29 is 0 Å². The van der Waals surface area contributed by atoms with E-state index in [2.05, 4.69) is 27.7 Å². The smallest absolute Gasteiger partial charge is 0.0303 e. The number of hydrogen-bond acceptors (Lipinski definition) is 0. The van der Waals surface area contributed by atoms with E-state index in [4.69, 9.17) is 0 Å². The normalized spacial score (nSPS) is 12.0. The van der Waals surface area contributed by atoms with E-state index in [1.165, 1.54) is 25.7 Å². The van der Waals surface area contributed by atoms with Crippen LogP contribution in [0, 0.1) is 12.3 Å². The summed E-state index contributed by atoms with van der Waals surface area (Å²) in [6.07, 6.45) is 6.34. The van der Waals surface area contributed by atoms with Crippen LogP contribution >= 0.6 is 0 Å². The monoisotopic (exact) mass is 141 g/mol. The van der Waals surface area contributed by atoms with Gasteiger partial charge in [0.1, 0.15) is 0 Å². The minimum Gasteiger partial charge on any atom is -0.0654 e. The molecule has 0 nitrogen and oxygen atoms in total. The summed E-state index contributed by atoms with van der Waals surface area (Å²) >= 11 is 0. The minimum absolute atomic E-state index is 0.564. The van der Waals surface area contributed by atoms with Gasteiger partial charge in [-0.3, -0.25) is 0 Å². The van der Waals surface area contributed by atoms with Crippen LogP contribution < -0.4 is 0 Å². The lowest BCUT2D eigenvalue weighted by atomic mass is 9.76. The Hall–Kier alpha value is 0. The van der Waals surface area contributed by atoms with Crippen LogP contribution in [0.15, 0.2) is 0 Å². The van der Waals surface area contributed by atoms with Gasteiger partial charge in [0.15, 0.2) is 0 Å². The highest BCUT2D eigenvalue weighted by Crippen LogP contribution is 2.34. The quantitative estimate of drug-likeness (QED) is 0.546. The maximum absolute atomic E-state index is 4.02. The Morgan fingerprint density at radius 1 is 1.10 bits per heavy atom. The van der Waals surface area contributed by atoms with Gasteiger partial charge in [0.05, 0.1) is 0 Å². The third kappa shape index (κ3) is 2.32. The predicted octanol–water partition coefficient (Wildman–Crippen LogP) is 3.82. The van der Waals surface area contributed by atoms with Crippen molar-refractivity contribution in [1.29, 1.82) is 0 Å². The Balaban J connectivity index is 3.87. The molecule has 0 aliphatic heterocycles. The van der Waals surface area contributed by atoms with E-state index in [0.717, 1.165) is 6.42 Å². The molecule has 0 amide bonds. The first-order chi connectivity index (χ1) is 4.74. The average Bonchev–Trinajstić information content (AvgIpc) is 2.01. The van der Waals surface area contributed by atoms with Gasteiger partial charge >= 0.3 is 0 Å². The van der Waals surface area contributed by atoms with Gasteiger partial charge in [-0.25, -0.2) is 0 Å². The standard InChI is InChI=1S/C10H21/c1-5-9-10(6-2,7-3)8-4/h2,5-9H2,1,3-4H3. The SMILES string of the molecule is [CH2]CC(CC)(CC)CCC. The second-order valence-electron chi connectivity index (χ2n) is 3.21. The van der Waals surface area contributed by atoms with E-state index in [1.54, 1.807) is 0 Å². The third-order valence-electron chi connectivity index (χ3n) is 2.81. The molecule has 0 N–H and O–H groups in total. The molecule has 0 fully saturated rings. The average molecular weight is 141 g/mol. The maximum atomic E-state index is 4.02. The van der Waals surface area contributed by atoms with Gasteiger partial charge in [0.2, 0.25) is 0 Å². The molecule has 61 valence electrons. The molecule has 0 bridgehead atoms. The van der Waals surface area contributed by atoms with Crippen molar-refractivity contribution in [1.82, 2.24) is 0 Å². The lowest BCUT2D eigenvalue weighted by Crippen LogP contribution is -2.16. The first-order valence-corrected chi connectivity index (χ1v) is 4.54. The largest absolute Gasteiger partial charge is 0.0654 e. The van der Waals surface area contributed by atoms with Crippen LogP contribution in [0.2, 0.25) is 0 Å². The molecule has 0 unspecified atom stereocenters. The lowest BCUT2D eigenvalue weighted by molar-refractivity contribution is 0.239. The van der Waals surface area contributed by atoms with Crippen LogP contribution in [-0.4, -0.2) is 0 Å². The summed E-state index contributed by atoms with van der Waals surface area (Å²) in [5.74, 6) is 0. The topological polar surface area (TPSA) is 0 Å². The Morgan fingerprint density at radius 2 is 1.60 bits per heavy atom. The van der Waals surface area contributed by atoms with Gasteiger partial charge in [0.25, 0.3) is 0 Å². The molecule has 10 heavy (non-hydrogen) atoms. The van der Waals surface area contributed by atoms with Crippen molar-refractivity contribution >= 4 is 0 Å². The fraction of sp³-hybridized carbons (Fsp3) is 0.900. The highest BCUT2D eigenvalue weighted by Gasteiger charge is 2.21. The Bertz CT molecular complexity index is 61.8. The van der Waals surface area contributed by atoms with Crippen molar-refractivity contribution in [2.75, 3.05) is 0 Å². The van der Waals surface area contributed by atoms with Crippen LogP contribution in [0.5, 0.6) is 0 Å². The fourth-order valence-corrected chi connectivity index (χ4v) is 1.61. The molecule has 0 saturated carbocycles. The molecule has 0 atom stereocenters. The van der Waals surface area contributed by atoms with E-state index < -0.39 is 0 Å². The molecule has 0 heteroatoms. The summed E-state index contributed by atoms with van der Waals surface area (Å²) in [6.45, 7) is 10.8. The van der Waals surface area contributed by atoms with Crippen LogP contribution in [0.4, 0.5) is 0 Å². The predicted molar refractivity (Wildman–Crippen MR) is 47.9 cm³/mol. The molecule has 0 rings (SSSR count). The third-order valence-corrected chi connectivity index (χ3v) is 2.81. The van der Waals surface area contributed by atoms with Gasteiger partial charge in [0, 0.05) is 0 Å². The number of hydrogen-bond donors (Lipinski definition) is 0. The minimum atomic E-state index is 0.564. The van der Waals surface area contributed by atoms with Crippen LogP contribution in [0.25, 0.3) is 0 Å². The summed E-state index contributed by atoms with van der Waals surface area (Å²) in [6, 6.07) is 0. The maximum Gasteiger partial charge on any atom is -0.0303 e. The molecule has 0 aliphatic carbocycles. The fourth-order valence-electron chi connectivity index (χ4n) is 1.61. The van der Waals surface area contributed by atoms with Gasteiger partial charge in [-0.15, -0.1) is 0 Å². The molecule has 0 aromatic rings. The zero-order valence-corrected chi connectivity index (χ0v) is 7.74. The van der Waals surface area contributed by atoms with Crippen molar-refractivity contribution in [2.24, 2.45) is 5.41 Å². The molecular formula is C10H21. The highest BCUT2D eigenvalue weighted by atomic mass is 14.3. The summed E-state index contributed by atoms with van der Waals surface area (Å²) in [4.78, 5) is 0. The first-order valence-electron chi connectivity index (χ1n) is 4.54. The van der Waals surface area contributed by atoms with E-state index in [1.807, 2.05) is 0 Å². The zero-order valence-electron chi connectivity index (χ0n) is 7.74. The second-order valence-corrected chi connectivity index (χ2v) is 3.21. The molecular weight excluding hydrogens is 120 g/mol. The molecule has 0 saturated heterocycles. The summed E-state index contributed by atoms with van der Waals surface area (Å²) < 4.78 is 0. The van der Waals surface area contributed by atoms with Crippen molar-refractivity contribution in [3.8, 4) is 0 Å². The molecule has 0 aliphatic rings. The first kappa shape index (κ1) is 10.0. The molecule has 0 spiro atoms. The van der Waals surface area contributed by atoms with Crippen molar-refractivity contribution in [3.05, 3.63) is 6.92 Å². The van der Waals surface area contributed by atoms with E-state index in [0.29, 0.717) is 5.41 Å². The summed E-state index contributed by atoms with van der Waals surface area (Å²) in [5, 5.41) is 0. The second kappa shape index (κ2) is 4.76. The molecule has 0 heterocycles. The summed E-state index contributed by atoms with van der Waals surface area (Å²) in [7, 11) is 0. The summed E-state index contributed by atoms with van der Waals surface area (Å²) in [5.41, 5.74) is 0.564. The van der Waals surface area contributed by atoms with Gasteiger partial charge < -0.3 is 0 Å². The lowest BCUT2D eigenvalue weighted by Gasteiger charge is -2.29. The van der Waals surface area contributed by atoms with Gasteiger partial charge in [-0.1, -0.05) is 47.0 Å². The van der Waals surface area contributed by atoms with Crippen LogP contribution in [-0.2, 0) is 0 Å². The number of rotatable bonds is 5. The Morgan fingerprint density at radius 3 is 1.70 bits per heavy atom. The van der Waals surface area contributed by atoms with Crippen molar-refractivity contribution in [3.63, 3.8) is 0 Å². The van der Waals surface area contributed by atoms with Crippen molar-refractivity contribution in [2.45, 2.75) is 52.9 Å². The molecule has 0 aromatic carbocycles.